The molecule has 2 fully saturated rings. The Kier molecular flexibility index (Phi) is 7.33. The minimum absolute atomic E-state index is 0.0652. The number of hydrogen-bond donors (Lipinski definition) is 2. The van der Waals surface area contributed by atoms with Gasteiger partial charge in [-0.1, -0.05) is 24.3 Å². The molecule has 0 saturated carbocycles. The van der Waals surface area contributed by atoms with Crippen molar-refractivity contribution in [2.24, 2.45) is 0 Å². The molecular weight excluding hydrogens is 515 g/mol. The number of carboxylic acid groups (broad SMARTS) is 1. The van der Waals surface area contributed by atoms with Crippen molar-refractivity contribution < 1.29 is 23.8 Å². The molecule has 1 unspecified atom stereocenters. The van der Waals surface area contributed by atoms with E-state index in [0.717, 1.165) is 40.0 Å². The summed E-state index contributed by atoms with van der Waals surface area (Å²) in [5, 5.41) is 15.5. The highest BCUT2D eigenvalue weighted by atomic mass is 19.1. The molecule has 4 heterocycles. The van der Waals surface area contributed by atoms with Crippen LogP contribution in [0, 0.1) is 0 Å². The van der Waals surface area contributed by atoms with Gasteiger partial charge in [-0.2, -0.15) is 9.97 Å². The van der Waals surface area contributed by atoms with E-state index in [1.54, 1.807) is 7.11 Å². The lowest BCUT2D eigenvalue weighted by Crippen LogP contribution is -2.49. The van der Waals surface area contributed by atoms with Gasteiger partial charge in [0.25, 0.3) is 0 Å². The molecule has 0 radical (unpaired) electrons. The van der Waals surface area contributed by atoms with Gasteiger partial charge in [0.15, 0.2) is 0 Å². The number of ether oxygens (including phenoxy) is 2. The third kappa shape index (κ3) is 5.11. The van der Waals surface area contributed by atoms with E-state index in [2.05, 4.69) is 22.3 Å². The van der Waals surface area contributed by atoms with E-state index in [4.69, 9.17) is 19.4 Å². The highest BCUT2D eigenvalue weighted by Gasteiger charge is 2.35. The molecule has 11 heteroatoms. The quantitative estimate of drug-likeness (QED) is 0.479. The van der Waals surface area contributed by atoms with Crippen LogP contribution >= 0.6 is 0 Å². The Morgan fingerprint density at radius 3 is 2.85 bits per heavy atom. The van der Waals surface area contributed by atoms with Crippen molar-refractivity contribution >= 4 is 22.6 Å². The average Bonchev–Trinajstić information content (AvgIpc) is 3.30. The van der Waals surface area contributed by atoms with Crippen molar-refractivity contribution in [1.82, 2.24) is 25.1 Å². The topological polar surface area (TPSA) is 103 Å². The second-order valence-electron chi connectivity index (χ2n) is 10.8. The molecule has 2 N–H and O–H groups in total. The average molecular weight is 551 g/mol. The van der Waals surface area contributed by atoms with Gasteiger partial charge in [-0.3, -0.25) is 9.80 Å². The van der Waals surface area contributed by atoms with Crippen LogP contribution in [0.3, 0.4) is 0 Å². The molecule has 1 aromatic heterocycles. The summed E-state index contributed by atoms with van der Waals surface area (Å²) in [6.07, 6.45) is -0.773. The van der Waals surface area contributed by atoms with Crippen molar-refractivity contribution in [3.05, 3.63) is 53.3 Å². The van der Waals surface area contributed by atoms with Crippen LogP contribution in [0.4, 0.5) is 14.9 Å². The minimum Gasteiger partial charge on any atom is -0.497 e. The van der Waals surface area contributed by atoms with Crippen molar-refractivity contribution in [2.45, 2.75) is 37.6 Å². The number of likely N-dealkylation sites (tertiary alicyclic amines) is 1. The molecule has 40 heavy (non-hydrogen) atoms. The molecule has 10 nitrogen and oxygen atoms in total. The number of carbonyl (C=O) groups is 1. The number of hydrogen-bond acceptors (Lipinski definition) is 8. The van der Waals surface area contributed by atoms with E-state index in [-0.39, 0.29) is 18.7 Å². The van der Waals surface area contributed by atoms with E-state index < -0.39 is 18.3 Å². The number of alkyl halides is 1. The van der Waals surface area contributed by atoms with Crippen LogP contribution in [0.2, 0.25) is 0 Å². The fourth-order valence-electron chi connectivity index (χ4n) is 6.18. The predicted octanol–water partition coefficient (Wildman–Crippen LogP) is 3.25. The number of nitrogens with zero attached hydrogens (tertiary/aromatic N) is 5. The van der Waals surface area contributed by atoms with Gasteiger partial charge in [0.05, 0.1) is 31.1 Å². The van der Waals surface area contributed by atoms with E-state index in [1.165, 1.54) is 4.90 Å². The second-order valence-corrected chi connectivity index (χ2v) is 10.8. The zero-order valence-electron chi connectivity index (χ0n) is 22.8. The van der Waals surface area contributed by atoms with Gasteiger partial charge in [0.2, 0.25) is 0 Å². The number of halogens is 1. The van der Waals surface area contributed by atoms with Gasteiger partial charge < -0.3 is 24.8 Å². The summed E-state index contributed by atoms with van der Waals surface area (Å²) in [6, 6.07) is 12.0. The van der Waals surface area contributed by atoms with Crippen LogP contribution in [0.25, 0.3) is 10.8 Å². The molecule has 3 aliphatic heterocycles. The number of piperazine rings is 1. The first-order chi connectivity index (χ1) is 19.4. The van der Waals surface area contributed by atoms with Gasteiger partial charge in [-0.05, 0) is 31.3 Å². The highest BCUT2D eigenvalue weighted by molar-refractivity contribution is 5.95. The number of fused-ring (bicyclic) bond motifs is 2. The SMILES string of the molecule is COc1cc(N2CCc3c(nc(OC[C@@H]4C[C@@H](F)CN4C)nc3C3CNCCN3C(=O)O)C2)c2ccccc2c1. The Morgan fingerprint density at radius 2 is 2.08 bits per heavy atom. The third-order valence-corrected chi connectivity index (χ3v) is 8.31. The van der Waals surface area contributed by atoms with Gasteiger partial charge in [0.1, 0.15) is 18.5 Å². The highest BCUT2D eigenvalue weighted by Crippen LogP contribution is 2.37. The van der Waals surface area contributed by atoms with Gasteiger partial charge in [0, 0.05) is 61.5 Å². The van der Waals surface area contributed by atoms with Crippen molar-refractivity contribution in [3.8, 4) is 11.8 Å². The summed E-state index contributed by atoms with van der Waals surface area (Å²) in [5.41, 5.74) is 3.53. The predicted molar refractivity (Wildman–Crippen MR) is 149 cm³/mol. The van der Waals surface area contributed by atoms with Crippen LogP contribution in [0.5, 0.6) is 11.8 Å². The first-order valence-corrected chi connectivity index (χ1v) is 13.8. The molecule has 0 spiro atoms. The lowest BCUT2D eigenvalue weighted by Gasteiger charge is -2.37. The van der Waals surface area contributed by atoms with E-state index in [0.29, 0.717) is 51.3 Å². The number of nitrogens with one attached hydrogen (secondary N) is 1. The Bertz CT molecular complexity index is 1410. The molecular formula is C29H35FN6O4. The van der Waals surface area contributed by atoms with Crippen LogP contribution in [-0.2, 0) is 13.0 Å². The Labute approximate surface area is 232 Å². The molecule has 0 bridgehead atoms. The maximum absolute atomic E-state index is 14.0. The number of benzene rings is 2. The summed E-state index contributed by atoms with van der Waals surface area (Å²) < 4.78 is 25.7. The van der Waals surface area contributed by atoms with Crippen molar-refractivity contribution in [2.75, 3.05) is 58.4 Å². The molecule has 3 aromatic rings. The fourth-order valence-corrected chi connectivity index (χ4v) is 6.18. The standard InChI is InChI=1S/C29H35FN6O4/c1-34-15-19(30)12-20(34)17-40-28-32-24-16-35(25-13-21(39-2)11-18-5-3-4-6-22(18)25)9-7-23(24)27(33-28)26-14-31-8-10-36(26)29(37)38/h3-6,11,13,19-20,26,31H,7-10,12,14-17H2,1-2H3,(H,37,38)/t19-,20+,26?/m1/s1. The van der Waals surface area contributed by atoms with Gasteiger partial charge >= 0.3 is 12.1 Å². The van der Waals surface area contributed by atoms with Crippen LogP contribution in [0.1, 0.15) is 29.4 Å². The van der Waals surface area contributed by atoms with E-state index >= 15 is 0 Å². The first-order valence-electron chi connectivity index (χ1n) is 13.8. The van der Waals surface area contributed by atoms with E-state index in [9.17, 15) is 14.3 Å². The summed E-state index contributed by atoms with van der Waals surface area (Å²) in [6.45, 7) is 3.32. The largest absolute Gasteiger partial charge is 0.497 e. The summed E-state index contributed by atoms with van der Waals surface area (Å²) in [5.74, 6) is 0.782. The van der Waals surface area contributed by atoms with Crippen LogP contribution < -0.4 is 19.7 Å². The normalized spacial score (nSPS) is 23.3. The van der Waals surface area contributed by atoms with Gasteiger partial charge in [-0.15, -0.1) is 0 Å². The number of methoxy groups -OCH3 is 1. The maximum atomic E-state index is 14.0. The summed E-state index contributed by atoms with van der Waals surface area (Å²) in [7, 11) is 3.56. The Morgan fingerprint density at radius 1 is 1.23 bits per heavy atom. The van der Waals surface area contributed by atoms with Crippen molar-refractivity contribution in [1.29, 1.82) is 0 Å². The monoisotopic (exact) mass is 550 g/mol. The molecule has 212 valence electrons. The minimum atomic E-state index is -0.969. The smallest absolute Gasteiger partial charge is 0.407 e. The number of anilines is 1. The maximum Gasteiger partial charge on any atom is 0.407 e. The molecule has 2 aromatic carbocycles. The molecule has 3 aliphatic rings. The zero-order chi connectivity index (χ0) is 27.8. The Hall–Kier alpha value is -3.70. The van der Waals surface area contributed by atoms with Crippen LogP contribution in [0.15, 0.2) is 36.4 Å². The molecule has 1 amide bonds. The molecule has 2 saturated heterocycles. The fraction of sp³-hybridized carbons (Fsp3) is 0.483. The Balaban J connectivity index is 1.37. The number of aromatic nitrogens is 2. The summed E-state index contributed by atoms with van der Waals surface area (Å²) in [4.78, 5) is 27.5. The molecule has 0 aliphatic carbocycles. The second kappa shape index (κ2) is 11.1. The number of likely N-dealkylation sites (N-methyl/N-ethyl adjacent to an activating group) is 1. The lowest BCUT2D eigenvalue weighted by molar-refractivity contribution is 0.110. The van der Waals surface area contributed by atoms with Crippen molar-refractivity contribution in [3.63, 3.8) is 0 Å². The number of rotatable bonds is 6. The zero-order valence-corrected chi connectivity index (χ0v) is 22.8. The first kappa shape index (κ1) is 26.5. The third-order valence-electron chi connectivity index (χ3n) is 8.31. The van der Waals surface area contributed by atoms with E-state index in [1.807, 2.05) is 36.2 Å². The number of amides is 1. The van der Waals surface area contributed by atoms with Gasteiger partial charge in [-0.25, -0.2) is 9.18 Å². The molecule has 3 atom stereocenters. The van der Waals surface area contributed by atoms with Crippen LogP contribution in [-0.4, -0.2) is 96.7 Å². The lowest BCUT2D eigenvalue weighted by atomic mass is 9.96. The summed E-state index contributed by atoms with van der Waals surface area (Å²) >= 11 is 0. The molecule has 6 rings (SSSR count).